The predicted octanol–water partition coefficient (Wildman–Crippen LogP) is 2.74. The fraction of sp³-hybridized carbons (Fsp3) is 0.700. The Kier molecular flexibility index (Phi) is 3.98. The van der Waals surface area contributed by atoms with Gasteiger partial charge < -0.3 is 10.3 Å². The average molecular weight is 260 g/mol. The molecule has 1 heterocycles. The van der Waals surface area contributed by atoms with E-state index in [2.05, 4.69) is 34.8 Å². The molecular formula is C10H18BrN3. The molecule has 14 heavy (non-hydrogen) atoms. The van der Waals surface area contributed by atoms with Gasteiger partial charge in [-0.3, -0.25) is 0 Å². The Hall–Kier alpha value is -0.510. The van der Waals surface area contributed by atoms with Crippen molar-refractivity contribution in [3.63, 3.8) is 0 Å². The summed E-state index contributed by atoms with van der Waals surface area (Å²) >= 11 is 3.42. The molecule has 1 aromatic heterocycles. The number of aromatic nitrogens is 2. The number of hydrogen-bond acceptors (Lipinski definition) is 2. The van der Waals surface area contributed by atoms with E-state index in [0.717, 1.165) is 16.9 Å². The minimum atomic E-state index is 0.580. The minimum Gasteiger partial charge on any atom is -0.369 e. The maximum absolute atomic E-state index is 5.69. The molecule has 0 amide bonds. The minimum absolute atomic E-state index is 0.580. The second-order valence-corrected chi connectivity index (χ2v) is 4.80. The van der Waals surface area contributed by atoms with Crippen molar-refractivity contribution < 1.29 is 0 Å². The van der Waals surface area contributed by atoms with E-state index < -0.39 is 0 Å². The smallest absolute Gasteiger partial charge is 0.201 e. The van der Waals surface area contributed by atoms with E-state index in [0.29, 0.717) is 5.95 Å². The number of imidazole rings is 1. The molecule has 1 aromatic rings. The van der Waals surface area contributed by atoms with Gasteiger partial charge in [-0.2, -0.15) is 0 Å². The lowest BCUT2D eigenvalue weighted by molar-refractivity contribution is 0.549. The Labute approximate surface area is 93.8 Å². The largest absolute Gasteiger partial charge is 0.369 e. The highest BCUT2D eigenvalue weighted by atomic mass is 79.9. The normalized spacial score (nSPS) is 11.2. The van der Waals surface area contributed by atoms with Crippen LogP contribution in [-0.4, -0.2) is 9.55 Å². The Balaban J connectivity index is 2.58. The molecule has 0 bridgehead atoms. The molecule has 80 valence electrons. The van der Waals surface area contributed by atoms with E-state index in [9.17, 15) is 0 Å². The first-order valence-corrected chi connectivity index (χ1v) is 5.78. The third-order valence-electron chi connectivity index (χ3n) is 2.39. The number of hydrogen-bond donors (Lipinski definition) is 1. The third-order valence-corrected chi connectivity index (χ3v) is 3.03. The van der Waals surface area contributed by atoms with Gasteiger partial charge in [0.1, 0.15) is 4.60 Å². The van der Waals surface area contributed by atoms with Gasteiger partial charge in [0.15, 0.2) is 0 Å². The van der Waals surface area contributed by atoms with E-state index in [1.165, 1.54) is 18.5 Å². The fourth-order valence-electron chi connectivity index (χ4n) is 1.47. The number of rotatable bonds is 4. The molecule has 3 nitrogen and oxygen atoms in total. The van der Waals surface area contributed by atoms with Crippen molar-refractivity contribution in [2.75, 3.05) is 5.73 Å². The van der Waals surface area contributed by atoms with E-state index in [1.54, 1.807) is 0 Å². The van der Waals surface area contributed by atoms with Crippen LogP contribution in [0.15, 0.2) is 4.60 Å². The van der Waals surface area contributed by atoms with Crippen LogP contribution in [0, 0.1) is 5.92 Å². The van der Waals surface area contributed by atoms with Crippen LogP contribution >= 0.6 is 15.9 Å². The Morgan fingerprint density at radius 3 is 2.57 bits per heavy atom. The Morgan fingerprint density at radius 2 is 2.14 bits per heavy atom. The number of halogens is 1. The number of nitrogen functional groups attached to an aromatic ring is 1. The Morgan fingerprint density at radius 1 is 1.50 bits per heavy atom. The van der Waals surface area contributed by atoms with Gasteiger partial charge in [0, 0.05) is 7.05 Å². The summed E-state index contributed by atoms with van der Waals surface area (Å²) in [5.74, 6) is 1.34. The molecule has 0 atom stereocenters. The van der Waals surface area contributed by atoms with E-state index in [-0.39, 0.29) is 0 Å². The average Bonchev–Trinajstić information content (AvgIpc) is 2.31. The first-order chi connectivity index (χ1) is 6.52. The molecule has 0 unspecified atom stereocenters. The van der Waals surface area contributed by atoms with Crippen LogP contribution in [0.3, 0.4) is 0 Å². The van der Waals surface area contributed by atoms with Crippen LogP contribution in [-0.2, 0) is 13.5 Å². The summed E-state index contributed by atoms with van der Waals surface area (Å²) in [5, 5.41) is 0. The zero-order valence-electron chi connectivity index (χ0n) is 9.05. The fourth-order valence-corrected chi connectivity index (χ4v) is 2.11. The molecule has 0 aliphatic heterocycles. The highest BCUT2D eigenvalue weighted by molar-refractivity contribution is 9.10. The van der Waals surface area contributed by atoms with Gasteiger partial charge in [-0.05, 0) is 34.7 Å². The van der Waals surface area contributed by atoms with Crippen molar-refractivity contribution in [1.82, 2.24) is 9.55 Å². The predicted molar refractivity (Wildman–Crippen MR) is 63.1 cm³/mol. The van der Waals surface area contributed by atoms with Gasteiger partial charge in [0.05, 0.1) is 5.69 Å². The van der Waals surface area contributed by atoms with E-state index in [4.69, 9.17) is 5.73 Å². The van der Waals surface area contributed by atoms with Crippen molar-refractivity contribution in [2.45, 2.75) is 33.1 Å². The molecule has 0 saturated heterocycles. The SMILES string of the molecule is CC(C)CCCc1c(Br)nc(N)n1C. The quantitative estimate of drug-likeness (QED) is 0.904. The molecule has 0 spiro atoms. The molecular weight excluding hydrogens is 242 g/mol. The van der Waals surface area contributed by atoms with Crippen LogP contribution in [0.25, 0.3) is 0 Å². The standard InChI is InChI=1S/C10H18BrN3/c1-7(2)5-4-6-8-9(11)13-10(12)14(8)3/h7H,4-6H2,1-3H3,(H2,12,13). The molecule has 2 N–H and O–H groups in total. The zero-order valence-corrected chi connectivity index (χ0v) is 10.6. The van der Waals surface area contributed by atoms with Crippen molar-refractivity contribution in [3.8, 4) is 0 Å². The van der Waals surface area contributed by atoms with Crippen LogP contribution in [0.4, 0.5) is 5.95 Å². The van der Waals surface area contributed by atoms with E-state index in [1.807, 2.05) is 11.6 Å². The number of nitrogens with two attached hydrogens (primary N) is 1. The number of nitrogens with zero attached hydrogens (tertiary/aromatic N) is 2. The second kappa shape index (κ2) is 4.82. The van der Waals surface area contributed by atoms with E-state index >= 15 is 0 Å². The van der Waals surface area contributed by atoms with Gasteiger partial charge in [-0.15, -0.1) is 0 Å². The first kappa shape index (κ1) is 11.6. The lowest BCUT2D eigenvalue weighted by atomic mass is 10.1. The molecule has 0 aromatic carbocycles. The maximum Gasteiger partial charge on any atom is 0.201 e. The van der Waals surface area contributed by atoms with Crippen molar-refractivity contribution >= 4 is 21.9 Å². The molecule has 4 heteroatoms. The van der Waals surface area contributed by atoms with Crippen LogP contribution in [0.2, 0.25) is 0 Å². The lowest BCUT2D eigenvalue weighted by Crippen LogP contribution is -2.02. The maximum atomic E-state index is 5.69. The molecule has 1 rings (SSSR count). The topological polar surface area (TPSA) is 43.8 Å². The van der Waals surface area contributed by atoms with Crippen LogP contribution in [0.1, 0.15) is 32.4 Å². The lowest BCUT2D eigenvalue weighted by Gasteiger charge is -2.06. The number of anilines is 1. The highest BCUT2D eigenvalue weighted by Gasteiger charge is 2.09. The molecule has 0 radical (unpaired) electrons. The van der Waals surface area contributed by atoms with Crippen molar-refractivity contribution in [2.24, 2.45) is 13.0 Å². The summed E-state index contributed by atoms with van der Waals surface area (Å²) in [5.41, 5.74) is 6.89. The van der Waals surface area contributed by atoms with Crippen molar-refractivity contribution in [3.05, 3.63) is 10.3 Å². The third kappa shape index (κ3) is 2.74. The monoisotopic (exact) mass is 259 g/mol. The molecule has 0 fully saturated rings. The van der Waals surface area contributed by atoms with Gasteiger partial charge in [0.2, 0.25) is 5.95 Å². The highest BCUT2D eigenvalue weighted by Crippen LogP contribution is 2.20. The summed E-state index contributed by atoms with van der Waals surface area (Å²) in [6, 6.07) is 0. The summed E-state index contributed by atoms with van der Waals surface area (Å²) in [6.45, 7) is 4.49. The van der Waals surface area contributed by atoms with Crippen molar-refractivity contribution in [1.29, 1.82) is 0 Å². The molecule has 0 saturated carbocycles. The van der Waals surface area contributed by atoms with Crippen LogP contribution in [0.5, 0.6) is 0 Å². The van der Waals surface area contributed by atoms with Gasteiger partial charge in [0.25, 0.3) is 0 Å². The molecule has 0 aliphatic carbocycles. The summed E-state index contributed by atoms with van der Waals surface area (Å²) in [7, 11) is 1.96. The van der Waals surface area contributed by atoms with Gasteiger partial charge in [-0.1, -0.05) is 20.3 Å². The Bertz CT molecular complexity index is 305. The zero-order chi connectivity index (χ0) is 10.7. The summed E-state index contributed by atoms with van der Waals surface area (Å²) in [6.07, 6.45) is 3.48. The van der Waals surface area contributed by atoms with Gasteiger partial charge in [-0.25, -0.2) is 4.98 Å². The second-order valence-electron chi connectivity index (χ2n) is 4.05. The van der Waals surface area contributed by atoms with Crippen LogP contribution < -0.4 is 5.73 Å². The van der Waals surface area contributed by atoms with Gasteiger partial charge >= 0.3 is 0 Å². The first-order valence-electron chi connectivity index (χ1n) is 4.99. The summed E-state index contributed by atoms with van der Waals surface area (Å²) in [4.78, 5) is 4.17. The molecule has 0 aliphatic rings. The summed E-state index contributed by atoms with van der Waals surface area (Å²) < 4.78 is 2.84.